The van der Waals surface area contributed by atoms with Crippen molar-refractivity contribution in [2.75, 3.05) is 0 Å². The van der Waals surface area contributed by atoms with Crippen molar-refractivity contribution in [3.05, 3.63) is 235 Å². The quantitative estimate of drug-likeness (QED) is 0.101. The third-order valence-corrected chi connectivity index (χ3v) is 12.3. The molecule has 0 bridgehead atoms. The fraction of sp³-hybridized carbons (Fsp3) is 0.129. The van der Waals surface area contributed by atoms with E-state index in [0.717, 1.165) is 39.6 Å². The molecule has 0 aliphatic carbocycles. The summed E-state index contributed by atoms with van der Waals surface area (Å²) in [6.07, 6.45) is 6.08. The van der Waals surface area contributed by atoms with Crippen LogP contribution < -0.4 is 9.30 Å². The topological polar surface area (TPSA) is 35.9 Å². The molecule has 0 atom stereocenters. The van der Waals surface area contributed by atoms with E-state index in [4.69, 9.17) is 23.4 Å². The van der Waals surface area contributed by atoms with E-state index in [1.165, 1.54) is 11.1 Å². The van der Waals surface area contributed by atoms with Gasteiger partial charge in [-0.25, -0.2) is 4.98 Å². The second kappa shape index (κ2) is 18.1. The van der Waals surface area contributed by atoms with Crippen LogP contribution in [0.3, 0.4) is 0 Å². The summed E-state index contributed by atoms with van der Waals surface area (Å²) in [5, 5.41) is 2.05. The van der Waals surface area contributed by atoms with Crippen LogP contribution >= 0.6 is 0 Å². The van der Waals surface area contributed by atoms with E-state index in [1.807, 2.05) is 54.7 Å². The van der Waals surface area contributed by atoms with E-state index in [2.05, 4.69) is 118 Å². The maximum Gasteiger partial charge on any atom is 0.268 e. The zero-order valence-corrected chi connectivity index (χ0v) is 40.3. The molecule has 5 nitrogen and oxygen atoms in total. The van der Waals surface area contributed by atoms with Crippen molar-refractivity contribution in [2.24, 2.45) is 0 Å². The Morgan fingerprint density at radius 1 is 0.618 bits per heavy atom. The molecule has 0 amide bonds. The Morgan fingerprint density at radius 3 is 2.01 bits per heavy atom. The molecule has 3 heterocycles. The number of aromatic nitrogens is 4. The minimum atomic E-state index is -0.573. The van der Waals surface area contributed by atoms with Gasteiger partial charge in [0.05, 0.1) is 30.4 Å². The number of benzene rings is 8. The van der Waals surface area contributed by atoms with Gasteiger partial charge in [0.2, 0.25) is 0 Å². The Bertz CT molecular complexity index is 4060. The summed E-state index contributed by atoms with van der Waals surface area (Å²) in [5.41, 5.74) is 6.92. The van der Waals surface area contributed by atoms with Crippen LogP contribution in [-0.4, -0.2) is 14.1 Å². The molecule has 0 N–H and O–H groups in total. The molecule has 6 heteroatoms. The Hall–Kier alpha value is -7.33. The van der Waals surface area contributed by atoms with Gasteiger partial charge in [0, 0.05) is 44.3 Å². The van der Waals surface area contributed by atoms with E-state index in [-0.39, 0.29) is 59.8 Å². The molecular formula is C62H50N4OPt-2. The van der Waals surface area contributed by atoms with Crippen LogP contribution in [0.2, 0.25) is 0 Å². The summed E-state index contributed by atoms with van der Waals surface area (Å²) in [6, 6.07) is 44.6. The van der Waals surface area contributed by atoms with Gasteiger partial charge in [-0.15, -0.1) is 29.7 Å². The SMILES string of the molecule is [2H]c1c([2H])c([2H])c(-c2cccc(-c3c([2H])c([2H])c([2H])c([2H])c3[2H])c2-[n+]2[c-]n(-c3[c-]c(Oc4[c-]c5c(cc4)c4cc(C(C)(C)C)ccc4n5-c4cc(CC(C)(C)c5ccccc5)ccn4)ccc3)c3ccccc32)c([2H])c1[2H].[Pt]. The Balaban J connectivity index is 0.00000688. The molecule has 68 heavy (non-hydrogen) atoms. The number of fused-ring (bicyclic) bond motifs is 4. The Morgan fingerprint density at radius 2 is 1.29 bits per heavy atom. The van der Waals surface area contributed by atoms with Crippen molar-refractivity contribution in [2.45, 2.75) is 51.9 Å². The van der Waals surface area contributed by atoms with Crippen molar-refractivity contribution in [3.8, 4) is 50.9 Å². The predicted molar refractivity (Wildman–Crippen MR) is 273 cm³/mol. The number of imidazole rings is 1. The number of ether oxygens (including phenoxy) is 1. The first-order valence-electron chi connectivity index (χ1n) is 27.2. The molecule has 0 saturated carbocycles. The van der Waals surface area contributed by atoms with Crippen LogP contribution in [0.25, 0.3) is 72.3 Å². The minimum Gasteiger partial charge on any atom is -0.510 e. The van der Waals surface area contributed by atoms with Gasteiger partial charge < -0.3 is 13.9 Å². The summed E-state index contributed by atoms with van der Waals surface area (Å²) in [4.78, 5) is 4.95. The fourth-order valence-corrected chi connectivity index (χ4v) is 8.99. The van der Waals surface area contributed by atoms with Gasteiger partial charge in [-0.1, -0.05) is 185 Å². The number of pyridine rings is 1. The molecule has 0 radical (unpaired) electrons. The van der Waals surface area contributed by atoms with Gasteiger partial charge in [-0.3, -0.25) is 4.57 Å². The summed E-state index contributed by atoms with van der Waals surface area (Å²) in [5.74, 6) is 1.54. The number of hydrogen-bond donors (Lipinski definition) is 0. The van der Waals surface area contributed by atoms with Gasteiger partial charge in [-0.2, -0.15) is 18.2 Å². The average Bonchev–Trinajstić information content (AvgIpc) is 3.99. The summed E-state index contributed by atoms with van der Waals surface area (Å²) in [7, 11) is 0. The monoisotopic (exact) mass is 1070 g/mol. The normalized spacial score (nSPS) is 13.9. The first-order valence-corrected chi connectivity index (χ1v) is 22.2. The molecule has 11 aromatic rings. The average molecular weight is 1070 g/mol. The number of para-hydroxylation sites is 3. The molecule has 0 aliphatic heterocycles. The molecule has 11 rings (SSSR count). The van der Waals surface area contributed by atoms with Crippen LogP contribution in [0.4, 0.5) is 0 Å². The van der Waals surface area contributed by atoms with Crippen molar-refractivity contribution in [1.29, 1.82) is 0 Å². The minimum absolute atomic E-state index is 0. The molecule has 0 unspecified atom stereocenters. The van der Waals surface area contributed by atoms with Crippen LogP contribution in [0, 0.1) is 18.5 Å². The van der Waals surface area contributed by atoms with Crippen molar-refractivity contribution in [3.63, 3.8) is 0 Å². The first kappa shape index (κ1) is 34.0. The van der Waals surface area contributed by atoms with Crippen molar-refractivity contribution >= 4 is 32.8 Å². The number of rotatable bonds is 10. The standard InChI is InChI=1S/C62H50N4O.Pt/c1-61(2,3)47-31-34-55-54(38-47)53-33-32-50(40-58(53)66(55)59-37-43(35-36-63-59)41-62(4,5)46-23-13-8-14-24-46)67-49-26-17-25-48(39-49)64-42-65(57-30-16-15-29-56(57)64)60-51(44-19-9-6-10-20-44)27-18-28-52(60)45-21-11-7-12-22-45;/h6-38H,41H2,1-5H3;/q-2;/i6D,7D,9D,10D,11D,12D,19D,20D,21D,22D;. The summed E-state index contributed by atoms with van der Waals surface area (Å²) < 4.78 is 99.5. The van der Waals surface area contributed by atoms with Crippen LogP contribution in [-0.2, 0) is 38.3 Å². The predicted octanol–water partition coefficient (Wildman–Crippen LogP) is 14.7. The maximum atomic E-state index is 9.05. The smallest absolute Gasteiger partial charge is 0.268 e. The molecular weight excluding hydrogens is 1010 g/mol. The Kier molecular flexibility index (Phi) is 9.03. The molecule has 336 valence electrons. The molecule has 0 fully saturated rings. The zero-order chi connectivity index (χ0) is 54.4. The van der Waals surface area contributed by atoms with Crippen LogP contribution in [0.5, 0.6) is 11.5 Å². The van der Waals surface area contributed by atoms with E-state index in [1.54, 1.807) is 33.4 Å². The van der Waals surface area contributed by atoms with Gasteiger partial charge in [0.25, 0.3) is 6.33 Å². The van der Waals surface area contributed by atoms with Crippen LogP contribution in [0.15, 0.2) is 200 Å². The number of nitrogens with zero attached hydrogens (tertiary/aromatic N) is 4. The van der Waals surface area contributed by atoms with Crippen molar-refractivity contribution < 1.29 is 44.1 Å². The molecule has 8 aromatic carbocycles. The molecule has 0 saturated heterocycles. The van der Waals surface area contributed by atoms with Gasteiger partial charge in [-0.05, 0) is 85.5 Å². The van der Waals surface area contributed by atoms with E-state index in [0.29, 0.717) is 28.2 Å². The van der Waals surface area contributed by atoms with E-state index >= 15 is 0 Å². The summed E-state index contributed by atoms with van der Waals surface area (Å²) >= 11 is 0. The van der Waals surface area contributed by atoms with Gasteiger partial charge >= 0.3 is 0 Å². The second-order valence-corrected chi connectivity index (χ2v) is 18.3. The summed E-state index contributed by atoms with van der Waals surface area (Å²) in [6.45, 7) is 11.1. The second-order valence-electron chi connectivity index (χ2n) is 18.3. The number of hydrogen-bond acceptors (Lipinski definition) is 2. The zero-order valence-electron chi connectivity index (χ0n) is 48.0. The third kappa shape index (κ3) is 8.37. The van der Waals surface area contributed by atoms with E-state index in [9.17, 15) is 0 Å². The first-order chi connectivity index (χ1) is 36.7. The molecule has 3 aromatic heterocycles. The van der Waals surface area contributed by atoms with Gasteiger partial charge in [0.1, 0.15) is 5.82 Å². The molecule has 0 aliphatic rings. The third-order valence-electron chi connectivity index (χ3n) is 12.3. The molecule has 0 spiro atoms. The Labute approximate surface area is 427 Å². The van der Waals surface area contributed by atoms with Crippen molar-refractivity contribution in [1.82, 2.24) is 14.1 Å². The fourth-order valence-electron chi connectivity index (χ4n) is 8.99. The van der Waals surface area contributed by atoms with E-state index < -0.39 is 60.4 Å². The largest absolute Gasteiger partial charge is 0.510 e. The van der Waals surface area contributed by atoms with Gasteiger partial charge in [0.15, 0.2) is 0 Å². The van der Waals surface area contributed by atoms with Crippen LogP contribution in [0.1, 0.15) is 65.0 Å². The maximum absolute atomic E-state index is 9.05.